The second kappa shape index (κ2) is 6.17. The first-order valence-corrected chi connectivity index (χ1v) is 7.54. The normalized spacial score (nSPS) is 17.7. The molecule has 3 heterocycles. The second-order valence-electron chi connectivity index (χ2n) is 5.86. The highest BCUT2D eigenvalue weighted by Crippen LogP contribution is 2.25. The molecule has 116 valence electrons. The summed E-state index contributed by atoms with van der Waals surface area (Å²) in [6.45, 7) is 4.01. The fourth-order valence-electron chi connectivity index (χ4n) is 2.93. The van der Waals surface area contributed by atoms with Crippen LogP contribution in [0.1, 0.15) is 29.3 Å². The summed E-state index contributed by atoms with van der Waals surface area (Å²) >= 11 is 0. The van der Waals surface area contributed by atoms with E-state index in [4.69, 9.17) is 0 Å². The van der Waals surface area contributed by atoms with E-state index in [1.165, 1.54) is 0 Å². The van der Waals surface area contributed by atoms with Gasteiger partial charge in [-0.3, -0.25) is 4.98 Å². The molecule has 1 atom stereocenters. The highest BCUT2D eigenvalue weighted by atomic mass is 16.2. The Labute approximate surface area is 130 Å². The van der Waals surface area contributed by atoms with E-state index >= 15 is 0 Å². The molecule has 0 spiro atoms. The molecule has 1 aliphatic heterocycles. The number of rotatable bonds is 3. The van der Waals surface area contributed by atoms with Crippen LogP contribution in [-0.4, -0.2) is 38.6 Å². The molecule has 1 unspecified atom stereocenters. The standard InChI is InChI=1S/C16H21N5O/c1-12-7-13(9-17-8-12)10-19-16(22)21-5-3-14(11-21)15-18-4-6-20(15)2/h4,6-9,14H,3,5,10-11H2,1-2H3,(H,19,22). The number of aryl methyl sites for hydroxylation is 2. The maximum atomic E-state index is 12.3. The van der Waals surface area contributed by atoms with Crippen molar-refractivity contribution in [3.8, 4) is 0 Å². The molecule has 22 heavy (non-hydrogen) atoms. The van der Waals surface area contributed by atoms with Gasteiger partial charge < -0.3 is 14.8 Å². The lowest BCUT2D eigenvalue weighted by Gasteiger charge is -2.17. The van der Waals surface area contributed by atoms with Gasteiger partial charge in [0.1, 0.15) is 5.82 Å². The molecule has 0 saturated carbocycles. The second-order valence-corrected chi connectivity index (χ2v) is 5.86. The minimum atomic E-state index is -0.0155. The average molecular weight is 299 g/mol. The highest BCUT2D eigenvalue weighted by Gasteiger charge is 2.29. The van der Waals surface area contributed by atoms with Crippen LogP contribution in [0.15, 0.2) is 30.9 Å². The van der Waals surface area contributed by atoms with Crippen molar-refractivity contribution in [3.05, 3.63) is 47.8 Å². The quantitative estimate of drug-likeness (QED) is 0.940. The van der Waals surface area contributed by atoms with E-state index in [0.29, 0.717) is 12.5 Å². The van der Waals surface area contributed by atoms with E-state index in [1.54, 1.807) is 6.20 Å². The molecule has 0 aliphatic carbocycles. The van der Waals surface area contributed by atoms with Gasteiger partial charge in [0.05, 0.1) is 0 Å². The van der Waals surface area contributed by atoms with Crippen molar-refractivity contribution in [1.29, 1.82) is 0 Å². The molecular formula is C16H21N5O. The third-order valence-corrected chi connectivity index (χ3v) is 4.07. The molecule has 0 aromatic carbocycles. The van der Waals surface area contributed by atoms with E-state index in [9.17, 15) is 4.79 Å². The Morgan fingerprint density at radius 2 is 2.32 bits per heavy atom. The Hall–Kier alpha value is -2.37. The van der Waals surface area contributed by atoms with Crippen LogP contribution in [0.2, 0.25) is 0 Å². The van der Waals surface area contributed by atoms with Crippen molar-refractivity contribution >= 4 is 6.03 Å². The Morgan fingerprint density at radius 1 is 1.45 bits per heavy atom. The van der Waals surface area contributed by atoms with E-state index in [0.717, 1.165) is 36.5 Å². The maximum Gasteiger partial charge on any atom is 0.317 e. The SMILES string of the molecule is Cc1cncc(CNC(=O)N2CCC(c3nccn3C)C2)c1. The van der Waals surface area contributed by atoms with Crippen LogP contribution >= 0.6 is 0 Å². The summed E-state index contributed by atoms with van der Waals surface area (Å²) in [6, 6.07) is 2.02. The van der Waals surface area contributed by atoms with E-state index < -0.39 is 0 Å². The van der Waals surface area contributed by atoms with Crippen LogP contribution in [0.5, 0.6) is 0 Å². The van der Waals surface area contributed by atoms with E-state index in [1.807, 2.05) is 48.1 Å². The van der Waals surface area contributed by atoms with E-state index in [2.05, 4.69) is 15.3 Å². The number of hydrogen-bond donors (Lipinski definition) is 1. The average Bonchev–Trinajstić information content (AvgIpc) is 3.13. The summed E-state index contributed by atoms with van der Waals surface area (Å²) in [4.78, 5) is 22.7. The minimum absolute atomic E-state index is 0.0155. The molecule has 3 rings (SSSR count). The molecule has 2 amide bonds. The topological polar surface area (TPSA) is 63.1 Å². The van der Waals surface area contributed by atoms with Gasteiger partial charge in [0.15, 0.2) is 0 Å². The van der Waals surface area contributed by atoms with Gasteiger partial charge in [0.25, 0.3) is 0 Å². The first-order valence-electron chi connectivity index (χ1n) is 7.54. The minimum Gasteiger partial charge on any atom is -0.338 e. The molecule has 0 bridgehead atoms. The molecule has 1 fully saturated rings. The third kappa shape index (κ3) is 3.10. The predicted molar refractivity (Wildman–Crippen MR) is 83.3 cm³/mol. The summed E-state index contributed by atoms with van der Waals surface area (Å²) < 4.78 is 2.03. The number of amides is 2. The maximum absolute atomic E-state index is 12.3. The Kier molecular flexibility index (Phi) is 4.09. The molecule has 6 nitrogen and oxygen atoms in total. The Morgan fingerprint density at radius 3 is 3.05 bits per heavy atom. The fourth-order valence-corrected chi connectivity index (χ4v) is 2.93. The molecule has 6 heteroatoms. The summed E-state index contributed by atoms with van der Waals surface area (Å²) in [5.41, 5.74) is 2.12. The van der Waals surface area contributed by atoms with Gasteiger partial charge in [-0.2, -0.15) is 0 Å². The zero-order chi connectivity index (χ0) is 15.5. The van der Waals surface area contributed by atoms with Crippen LogP contribution in [0.3, 0.4) is 0 Å². The number of aromatic nitrogens is 3. The first-order chi connectivity index (χ1) is 10.6. The lowest BCUT2D eigenvalue weighted by Crippen LogP contribution is -2.38. The summed E-state index contributed by atoms with van der Waals surface area (Å²) in [5, 5.41) is 2.97. The van der Waals surface area contributed by atoms with Crippen LogP contribution in [0.4, 0.5) is 4.79 Å². The molecule has 1 aliphatic rings. The number of nitrogens with zero attached hydrogens (tertiary/aromatic N) is 4. The molecule has 0 radical (unpaired) electrons. The van der Waals surface area contributed by atoms with Crippen molar-refractivity contribution in [2.45, 2.75) is 25.8 Å². The number of pyridine rings is 1. The summed E-state index contributed by atoms with van der Waals surface area (Å²) in [7, 11) is 2.00. The van der Waals surface area contributed by atoms with Gasteiger partial charge in [-0.15, -0.1) is 0 Å². The van der Waals surface area contributed by atoms with Crippen LogP contribution in [0, 0.1) is 6.92 Å². The molecule has 2 aromatic heterocycles. The Bertz CT molecular complexity index is 666. The number of hydrogen-bond acceptors (Lipinski definition) is 3. The molecule has 1 saturated heterocycles. The molecule has 1 N–H and O–H groups in total. The number of nitrogens with one attached hydrogen (secondary N) is 1. The third-order valence-electron chi connectivity index (χ3n) is 4.07. The van der Waals surface area contributed by atoms with Gasteiger partial charge in [0.2, 0.25) is 0 Å². The summed E-state index contributed by atoms with van der Waals surface area (Å²) in [5.74, 6) is 1.38. The molecule has 2 aromatic rings. The zero-order valence-corrected chi connectivity index (χ0v) is 13.0. The largest absolute Gasteiger partial charge is 0.338 e. The number of urea groups is 1. The van der Waals surface area contributed by atoms with Crippen molar-refractivity contribution in [3.63, 3.8) is 0 Å². The first kappa shape index (κ1) is 14.6. The lowest BCUT2D eigenvalue weighted by molar-refractivity contribution is 0.207. The summed E-state index contributed by atoms with van der Waals surface area (Å²) in [6.07, 6.45) is 8.31. The number of carbonyl (C=O) groups excluding carboxylic acids is 1. The smallest absolute Gasteiger partial charge is 0.317 e. The van der Waals surface area contributed by atoms with Crippen LogP contribution in [0.25, 0.3) is 0 Å². The van der Waals surface area contributed by atoms with Gasteiger partial charge in [-0.25, -0.2) is 9.78 Å². The monoisotopic (exact) mass is 299 g/mol. The fraction of sp³-hybridized carbons (Fsp3) is 0.438. The van der Waals surface area contributed by atoms with Crippen molar-refractivity contribution in [2.75, 3.05) is 13.1 Å². The zero-order valence-electron chi connectivity index (χ0n) is 13.0. The number of carbonyl (C=O) groups is 1. The van der Waals surface area contributed by atoms with Crippen molar-refractivity contribution in [1.82, 2.24) is 24.8 Å². The van der Waals surface area contributed by atoms with Crippen LogP contribution in [-0.2, 0) is 13.6 Å². The lowest BCUT2D eigenvalue weighted by atomic mass is 10.1. The van der Waals surface area contributed by atoms with Gasteiger partial charge >= 0.3 is 6.03 Å². The highest BCUT2D eigenvalue weighted by molar-refractivity contribution is 5.74. The van der Waals surface area contributed by atoms with Crippen molar-refractivity contribution < 1.29 is 4.79 Å². The Balaban J connectivity index is 1.54. The number of likely N-dealkylation sites (tertiary alicyclic amines) is 1. The van der Waals surface area contributed by atoms with Gasteiger partial charge in [-0.1, -0.05) is 6.07 Å². The van der Waals surface area contributed by atoms with Crippen molar-refractivity contribution in [2.24, 2.45) is 7.05 Å². The van der Waals surface area contributed by atoms with E-state index in [-0.39, 0.29) is 6.03 Å². The van der Waals surface area contributed by atoms with Crippen LogP contribution < -0.4 is 5.32 Å². The number of imidazole rings is 1. The van der Waals surface area contributed by atoms with Gasteiger partial charge in [-0.05, 0) is 24.5 Å². The predicted octanol–water partition coefficient (Wildman–Crippen LogP) is 1.82. The molecular weight excluding hydrogens is 278 g/mol. The van der Waals surface area contributed by atoms with Gasteiger partial charge in [0, 0.05) is 57.4 Å².